The lowest BCUT2D eigenvalue weighted by Gasteiger charge is -2.20. The summed E-state index contributed by atoms with van der Waals surface area (Å²) >= 11 is 1.93. The summed E-state index contributed by atoms with van der Waals surface area (Å²) in [5.41, 5.74) is 2.28. The van der Waals surface area contributed by atoms with Crippen molar-refractivity contribution >= 4 is 53.3 Å². The second-order valence-corrected chi connectivity index (χ2v) is 8.84. The van der Waals surface area contributed by atoms with Crippen LogP contribution in [0.15, 0.2) is 64.5 Å². The maximum Gasteiger partial charge on any atom is 0.246 e. The predicted molar refractivity (Wildman–Crippen MR) is 132 cm³/mol. The number of hydrogen-bond acceptors (Lipinski definition) is 3. The molecule has 4 rings (SSSR count). The molecule has 0 atom stereocenters. The van der Waals surface area contributed by atoms with E-state index in [-0.39, 0.29) is 41.2 Å². The van der Waals surface area contributed by atoms with Crippen LogP contribution in [-0.2, 0) is 11.2 Å². The molecule has 1 saturated carbocycles. The van der Waals surface area contributed by atoms with Gasteiger partial charge in [-0.25, -0.2) is 0 Å². The standard InChI is InChI=1S/C22H26N4OS.HI/c1-23-21(25-16-22(12-13-22)28-18-8-3-2-4-9-18)24-15-20(27)26-14-11-17-7-5-6-10-19(17)26;/h2-10H,11-16H2,1H3,(H2,23,24,25);1H. The van der Waals surface area contributed by atoms with Crippen molar-refractivity contribution < 1.29 is 4.79 Å². The highest BCUT2D eigenvalue weighted by atomic mass is 127. The molecule has 154 valence electrons. The zero-order chi connectivity index (χ0) is 19.4. The largest absolute Gasteiger partial charge is 0.355 e. The topological polar surface area (TPSA) is 56.7 Å². The van der Waals surface area contributed by atoms with Gasteiger partial charge in [-0.3, -0.25) is 9.79 Å². The number of rotatable bonds is 6. The number of benzene rings is 2. The van der Waals surface area contributed by atoms with Crippen LogP contribution in [0.3, 0.4) is 0 Å². The minimum Gasteiger partial charge on any atom is -0.355 e. The lowest BCUT2D eigenvalue weighted by atomic mass is 10.2. The van der Waals surface area contributed by atoms with Gasteiger partial charge in [0.25, 0.3) is 0 Å². The molecule has 2 N–H and O–H groups in total. The second-order valence-electron chi connectivity index (χ2n) is 7.30. The highest BCUT2D eigenvalue weighted by Gasteiger charge is 2.43. The normalized spacial score (nSPS) is 16.6. The number of guanidine groups is 1. The number of halogens is 1. The maximum atomic E-state index is 12.7. The second kappa shape index (κ2) is 9.84. The number of fused-ring (bicyclic) bond motifs is 1. The van der Waals surface area contributed by atoms with Crippen LogP contribution in [0.2, 0.25) is 0 Å². The Hall–Kier alpha value is -1.74. The summed E-state index contributed by atoms with van der Waals surface area (Å²) in [7, 11) is 1.74. The molecule has 0 unspecified atom stereocenters. The molecule has 2 aromatic rings. The number of nitrogens with zero attached hydrogens (tertiary/aromatic N) is 2. The van der Waals surface area contributed by atoms with Crippen molar-refractivity contribution in [3.05, 3.63) is 60.2 Å². The van der Waals surface area contributed by atoms with Gasteiger partial charge < -0.3 is 15.5 Å². The molecule has 0 radical (unpaired) electrons. The van der Waals surface area contributed by atoms with E-state index in [0.717, 1.165) is 25.2 Å². The fourth-order valence-electron chi connectivity index (χ4n) is 3.51. The van der Waals surface area contributed by atoms with Crippen molar-refractivity contribution in [2.75, 3.05) is 31.6 Å². The fraction of sp³-hybridized carbons (Fsp3) is 0.364. The molecule has 2 aromatic carbocycles. The van der Waals surface area contributed by atoms with Gasteiger partial charge >= 0.3 is 0 Å². The number of hydrogen-bond donors (Lipinski definition) is 2. The van der Waals surface area contributed by atoms with Gasteiger partial charge in [0, 0.05) is 35.5 Å². The summed E-state index contributed by atoms with van der Waals surface area (Å²) in [6.45, 7) is 1.84. The van der Waals surface area contributed by atoms with Crippen LogP contribution in [0, 0.1) is 0 Å². The van der Waals surface area contributed by atoms with Crippen LogP contribution in [-0.4, -0.2) is 43.3 Å². The summed E-state index contributed by atoms with van der Waals surface area (Å²) in [4.78, 5) is 20.1. The van der Waals surface area contributed by atoms with Crippen molar-refractivity contribution in [2.45, 2.75) is 28.9 Å². The lowest BCUT2D eigenvalue weighted by Crippen LogP contribution is -2.46. The van der Waals surface area contributed by atoms with E-state index in [0.29, 0.717) is 5.96 Å². The van der Waals surface area contributed by atoms with Crippen LogP contribution in [0.25, 0.3) is 0 Å². The molecule has 1 fully saturated rings. The summed E-state index contributed by atoms with van der Waals surface area (Å²) in [5.74, 6) is 0.758. The highest BCUT2D eigenvalue weighted by Crippen LogP contribution is 2.51. The Labute approximate surface area is 193 Å². The number of carbonyl (C=O) groups is 1. The summed E-state index contributed by atoms with van der Waals surface area (Å²) < 4.78 is 0.233. The Bertz CT molecular complexity index is 870. The van der Waals surface area contributed by atoms with Gasteiger partial charge in [0.2, 0.25) is 5.91 Å². The van der Waals surface area contributed by atoms with E-state index in [1.807, 2.05) is 40.9 Å². The first-order chi connectivity index (χ1) is 13.7. The number of aliphatic imine (C=N–C) groups is 1. The van der Waals surface area contributed by atoms with Crippen LogP contribution in [0.5, 0.6) is 0 Å². The molecule has 1 aliphatic carbocycles. The van der Waals surface area contributed by atoms with E-state index in [9.17, 15) is 4.79 Å². The van der Waals surface area contributed by atoms with Gasteiger partial charge in [0.05, 0.1) is 6.54 Å². The molecule has 1 aliphatic heterocycles. The first-order valence-electron chi connectivity index (χ1n) is 9.76. The molecule has 0 saturated heterocycles. The van der Waals surface area contributed by atoms with Crippen LogP contribution in [0.4, 0.5) is 5.69 Å². The zero-order valence-corrected chi connectivity index (χ0v) is 19.7. The summed E-state index contributed by atoms with van der Waals surface area (Å²) in [6.07, 6.45) is 3.31. The average Bonchev–Trinajstić information content (AvgIpc) is 3.35. The minimum atomic E-state index is 0. The SMILES string of the molecule is CN=C(NCC(=O)N1CCc2ccccc21)NCC1(Sc2ccccc2)CC1.I. The van der Waals surface area contributed by atoms with Crippen LogP contribution in [0.1, 0.15) is 18.4 Å². The Morgan fingerprint density at radius 3 is 2.55 bits per heavy atom. The molecule has 2 aliphatic rings. The summed E-state index contributed by atoms with van der Waals surface area (Å²) in [6, 6.07) is 18.6. The number of anilines is 1. The van der Waals surface area contributed by atoms with Gasteiger partial charge in [0.15, 0.2) is 5.96 Å². The first-order valence-corrected chi connectivity index (χ1v) is 10.6. The van der Waals surface area contributed by atoms with E-state index < -0.39 is 0 Å². The first kappa shape index (κ1) is 22.0. The van der Waals surface area contributed by atoms with Gasteiger partial charge in [-0.15, -0.1) is 35.7 Å². The molecule has 29 heavy (non-hydrogen) atoms. The minimum absolute atomic E-state index is 0. The highest BCUT2D eigenvalue weighted by molar-refractivity contribution is 14.0. The predicted octanol–water partition coefficient (Wildman–Crippen LogP) is 3.68. The fourth-order valence-corrected chi connectivity index (χ4v) is 4.75. The Balaban J connectivity index is 0.00000240. The molecular weight excluding hydrogens is 495 g/mol. The third kappa shape index (κ3) is 5.45. The van der Waals surface area contributed by atoms with Crippen molar-refractivity contribution in [2.24, 2.45) is 4.99 Å². The monoisotopic (exact) mass is 522 g/mol. The number of nitrogens with one attached hydrogen (secondary N) is 2. The van der Waals surface area contributed by atoms with E-state index in [1.165, 1.54) is 23.3 Å². The average molecular weight is 522 g/mol. The van der Waals surface area contributed by atoms with Crippen LogP contribution >= 0.6 is 35.7 Å². The molecule has 5 nitrogen and oxygen atoms in total. The Morgan fingerprint density at radius 1 is 1.10 bits per heavy atom. The molecule has 1 heterocycles. The molecular formula is C22H27IN4OS. The van der Waals surface area contributed by atoms with E-state index in [1.54, 1.807) is 7.05 Å². The number of para-hydroxylation sites is 1. The van der Waals surface area contributed by atoms with E-state index in [4.69, 9.17) is 0 Å². The van der Waals surface area contributed by atoms with Gasteiger partial charge in [-0.05, 0) is 43.0 Å². The van der Waals surface area contributed by atoms with Crippen molar-refractivity contribution in [3.8, 4) is 0 Å². The maximum absolute atomic E-state index is 12.7. The molecule has 0 spiro atoms. The van der Waals surface area contributed by atoms with Gasteiger partial charge in [-0.2, -0.15) is 0 Å². The van der Waals surface area contributed by atoms with Crippen molar-refractivity contribution in [1.82, 2.24) is 10.6 Å². The quantitative estimate of drug-likeness (QED) is 0.346. The lowest BCUT2D eigenvalue weighted by molar-refractivity contribution is -0.117. The summed E-state index contributed by atoms with van der Waals surface area (Å²) in [5, 5.41) is 6.58. The Morgan fingerprint density at radius 2 is 1.83 bits per heavy atom. The van der Waals surface area contributed by atoms with Crippen molar-refractivity contribution in [1.29, 1.82) is 0 Å². The third-order valence-corrected chi connectivity index (χ3v) is 6.78. The number of amides is 1. The van der Waals surface area contributed by atoms with Gasteiger partial charge in [0.1, 0.15) is 0 Å². The van der Waals surface area contributed by atoms with E-state index in [2.05, 4.69) is 46.0 Å². The van der Waals surface area contributed by atoms with Gasteiger partial charge in [-0.1, -0.05) is 36.4 Å². The third-order valence-electron chi connectivity index (χ3n) is 5.28. The molecule has 7 heteroatoms. The van der Waals surface area contributed by atoms with Crippen LogP contribution < -0.4 is 15.5 Å². The van der Waals surface area contributed by atoms with Crippen molar-refractivity contribution in [3.63, 3.8) is 0 Å². The smallest absolute Gasteiger partial charge is 0.246 e. The number of thioether (sulfide) groups is 1. The molecule has 0 aromatic heterocycles. The molecule has 1 amide bonds. The zero-order valence-electron chi connectivity index (χ0n) is 16.6. The van der Waals surface area contributed by atoms with E-state index >= 15 is 0 Å². The molecule has 0 bridgehead atoms. The Kier molecular flexibility index (Phi) is 7.45. The number of carbonyl (C=O) groups excluding carboxylic acids is 1.